The number of ether oxygens (including phenoxy) is 2. The van der Waals surface area contributed by atoms with Crippen LogP contribution in [0.15, 0.2) is 71.6 Å². The lowest BCUT2D eigenvalue weighted by Gasteiger charge is -2.24. The molecule has 1 N–H and O–H groups in total. The average Bonchev–Trinajstić information content (AvgIpc) is 2.79. The van der Waals surface area contributed by atoms with Crippen molar-refractivity contribution < 1.29 is 31.5 Å². The van der Waals surface area contributed by atoms with E-state index >= 15 is 0 Å². The van der Waals surface area contributed by atoms with Gasteiger partial charge in [-0.05, 0) is 36.4 Å². The van der Waals surface area contributed by atoms with Gasteiger partial charge in [0.1, 0.15) is 6.54 Å². The summed E-state index contributed by atoms with van der Waals surface area (Å²) < 4.78 is 64.7. The van der Waals surface area contributed by atoms with Gasteiger partial charge in [-0.25, -0.2) is 17.2 Å². The van der Waals surface area contributed by atoms with Crippen LogP contribution in [0.3, 0.4) is 0 Å². The molecule has 10 heteroatoms. The number of amides is 1. The second-order valence-corrected chi connectivity index (χ2v) is 8.40. The minimum absolute atomic E-state index is 0.00886. The van der Waals surface area contributed by atoms with Crippen molar-refractivity contribution >= 4 is 27.3 Å². The van der Waals surface area contributed by atoms with Gasteiger partial charge in [-0.2, -0.15) is 0 Å². The topological polar surface area (TPSA) is 84.9 Å². The van der Waals surface area contributed by atoms with Crippen LogP contribution in [-0.4, -0.2) is 35.1 Å². The molecule has 0 unspecified atom stereocenters. The number of halogens is 2. The molecule has 0 spiro atoms. The molecule has 32 heavy (non-hydrogen) atoms. The van der Waals surface area contributed by atoms with Crippen molar-refractivity contribution in [3.8, 4) is 11.5 Å². The standard InChI is InChI=1S/C22H20F2N2O5S/c1-30-20-11-9-17(13-21(20)31-2)32(28,29)26(16-6-4-3-5-7-16)14-22(27)25-15-8-10-18(23)19(24)12-15/h3-13H,14H2,1-2H3,(H,25,27). The van der Waals surface area contributed by atoms with Crippen molar-refractivity contribution in [3.63, 3.8) is 0 Å². The number of methoxy groups -OCH3 is 2. The molecule has 3 aromatic carbocycles. The zero-order valence-electron chi connectivity index (χ0n) is 17.2. The number of carbonyl (C=O) groups is 1. The summed E-state index contributed by atoms with van der Waals surface area (Å²) in [6, 6.07) is 14.9. The van der Waals surface area contributed by atoms with Gasteiger partial charge in [0.15, 0.2) is 23.1 Å². The van der Waals surface area contributed by atoms with E-state index in [1.807, 2.05) is 0 Å². The average molecular weight is 462 g/mol. The molecule has 0 bridgehead atoms. The van der Waals surface area contributed by atoms with E-state index in [2.05, 4.69) is 5.32 Å². The van der Waals surface area contributed by atoms with Gasteiger partial charge in [0.05, 0.1) is 24.8 Å². The third-order valence-electron chi connectivity index (χ3n) is 4.48. The van der Waals surface area contributed by atoms with Crippen molar-refractivity contribution in [2.75, 3.05) is 30.4 Å². The molecule has 168 valence electrons. The minimum Gasteiger partial charge on any atom is -0.493 e. The first-order chi connectivity index (χ1) is 15.3. The third kappa shape index (κ3) is 4.97. The van der Waals surface area contributed by atoms with Crippen LogP contribution >= 0.6 is 0 Å². The molecule has 0 saturated carbocycles. The molecule has 0 heterocycles. The molecule has 0 aliphatic heterocycles. The zero-order valence-corrected chi connectivity index (χ0v) is 18.0. The van der Waals surface area contributed by atoms with E-state index in [0.717, 1.165) is 16.4 Å². The number of nitrogens with zero attached hydrogens (tertiary/aromatic N) is 1. The lowest BCUT2D eigenvalue weighted by molar-refractivity contribution is -0.114. The molecule has 0 aromatic heterocycles. The van der Waals surface area contributed by atoms with Crippen LogP contribution in [-0.2, 0) is 14.8 Å². The Morgan fingerprint density at radius 2 is 1.59 bits per heavy atom. The van der Waals surface area contributed by atoms with Gasteiger partial charge in [-0.3, -0.25) is 9.10 Å². The summed E-state index contributed by atoms with van der Waals surface area (Å²) in [5, 5.41) is 2.38. The van der Waals surface area contributed by atoms with Crippen molar-refractivity contribution in [1.82, 2.24) is 0 Å². The van der Waals surface area contributed by atoms with Crippen molar-refractivity contribution in [2.45, 2.75) is 4.90 Å². The Hall–Kier alpha value is -3.66. The van der Waals surface area contributed by atoms with Gasteiger partial charge in [0.25, 0.3) is 10.0 Å². The molecule has 0 aliphatic rings. The fourth-order valence-corrected chi connectivity index (χ4v) is 4.36. The number of anilines is 2. The molecule has 0 fully saturated rings. The summed E-state index contributed by atoms with van der Waals surface area (Å²) >= 11 is 0. The summed E-state index contributed by atoms with van der Waals surface area (Å²) in [5.41, 5.74) is 0.230. The van der Waals surface area contributed by atoms with Crippen LogP contribution in [0.5, 0.6) is 11.5 Å². The first kappa shape index (κ1) is 23.0. The highest BCUT2D eigenvalue weighted by Crippen LogP contribution is 2.32. The Labute approximate surface area is 184 Å². The lowest BCUT2D eigenvalue weighted by Crippen LogP contribution is -2.38. The number of hydrogen-bond donors (Lipinski definition) is 1. The molecule has 0 aliphatic carbocycles. The number of para-hydroxylation sites is 1. The summed E-state index contributed by atoms with van der Waals surface area (Å²) in [6.07, 6.45) is 0. The van der Waals surface area contributed by atoms with E-state index < -0.39 is 34.1 Å². The van der Waals surface area contributed by atoms with Crippen LogP contribution < -0.4 is 19.1 Å². The van der Waals surface area contributed by atoms with Crippen LogP contribution in [0.1, 0.15) is 0 Å². The van der Waals surface area contributed by atoms with Gasteiger partial charge in [0, 0.05) is 17.8 Å². The number of nitrogens with one attached hydrogen (secondary N) is 1. The molecular weight excluding hydrogens is 442 g/mol. The molecule has 1 amide bonds. The quantitative estimate of drug-likeness (QED) is 0.550. The second kappa shape index (κ2) is 9.65. The lowest BCUT2D eigenvalue weighted by atomic mass is 10.3. The highest BCUT2D eigenvalue weighted by Gasteiger charge is 2.28. The van der Waals surface area contributed by atoms with Crippen molar-refractivity contribution in [3.05, 3.63) is 78.4 Å². The Morgan fingerprint density at radius 3 is 2.22 bits per heavy atom. The molecule has 0 radical (unpaired) electrons. The third-order valence-corrected chi connectivity index (χ3v) is 6.25. The van der Waals surface area contributed by atoms with Gasteiger partial charge in [-0.1, -0.05) is 18.2 Å². The molecule has 0 atom stereocenters. The summed E-state index contributed by atoms with van der Waals surface area (Å²) in [7, 11) is -1.42. The molecule has 3 aromatic rings. The predicted molar refractivity (Wildman–Crippen MR) is 116 cm³/mol. The fraction of sp³-hybridized carbons (Fsp3) is 0.136. The minimum atomic E-state index is -4.21. The Bertz CT molecular complexity index is 1220. The SMILES string of the molecule is COc1ccc(S(=O)(=O)N(CC(=O)Nc2ccc(F)c(F)c2)c2ccccc2)cc1OC. The zero-order chi connectivity index (χ0) is 23.3. The monoisotopic (exact) mass is 462 g/mol. The van der Waals surface area contributed by atoms with E-state index in [9.17, 15) is 22.0 Å². The van der Waals surface area contributed by atoms with E-state index in [0.29, 0.717) is 5.75 Å². The van der Waals surface area contributed by atoms with Crippen LogP contribution in [0.2, 0.25) is 0 Å². The van der Waals surface area contributed by atoms with Gasteiger partial charge < -0.3 is 14.8 Å². The predicted octanol–water partition coefficient (Wildman–Crippen LogP) is 3.82. The molecule has 0 saturated heterocycles. The normalized spacial score (nSPS) is 11.0. The fourth-order valence-electron chi connectivity index (χ4n) is 2.92. The van der Waals surface area contributed by atoms with E-state index in [-0.39, 0.29) is 22.0 Å². The number of carbonyl (C=O) groups excluding carboxylic acids is 1. The largest absolute Gasteiger partial charge is 0.493 e. The highest BCUT2D eigenvalue weighted by molar-refractivity contribution is 7.92. The van der Waals surface area contributed by atoms with Crippen LogP contribution in [0, 0.1) is 11.6 Å². The maximum absolute atomic E-state index is 13.4. The summed E-state index contributed by atoms with van der Waals surface area (Å²) in [5.74, 6) is -2.41. The number of sulfonamides is 1. The van der Waals surface area contributed by atoms with E-state index in [1.165, 1.54) is 50.6 Å². The van der Waals surface area contributed by atoms with E-state index in [1.54, 1.807) is 18.2 Å². The van der Waals surface area contributed by atoms with Gasteiger partial charge in [0.2, 0.25) is 5.91 Å². The summed E-state index contributed by atoms with van der Waals surface area (Å²) in [4.78, 5) is 12.5. The number of hydrogen-bond acceptors (Lipinski definition) is 5. The van der Waals surface area contributed by atoms with Crippen LogP contribution in [0.25, 0.3) is 0 Å². The number of benzene rings is 3. The maximum atomic E-state index is 13.4. The molecule has 7 nitrogen and oxygen atoms in total. The van der Waals surface area contributed by atoms with Gasteiger partial charge >= 0.3 is 0 Å². The maximum Gasteiger partial charge on any atom is 0.264 e. The van der Waals surface area contributed by atoms with E-state index in [4.69, 9.17) is 9.47 Å². The first-order valence-electron chi connectivity index (χ1n) is 9.31. The molecule has 3 rings (SSSR count). The first-order valence-corrected chi connectivity index (χ1v) is 10.7. The smallest absolute Gasteiger partial charge is 0.264 e. The Kier molecular flexibility index (Phi) is 6.94. The second-order valence-electron chi connectivity index (χ2n) is 6.54. The molecular formula is C22H20F2N2O5S. The highest BCUT2D eigenvalue weighted by atomic mass is 32.2. The Balaban J connectivity index is 1.95. The number of rotatable bonds is 8. The van der Waals surface area contributed by atoms with Gasteiger partial charge in [-0.15, -0.1) is 0 Å². The summed E-state index contributed by atoms with van der Waals surface area (Å²) in [6.45, 7) is -0.611. The van der Waals surface area contributed by atoms with Crippen molar-refractivity contribution in [1.29, 1.82) is 0 Å². The van der Waals surface area contributed by atoms with Crippen molar-refractivity contribution in [2.24, 2.45) is 0 Å². The van der Waals surface area contributed by atoms with Crippen LogP contribution in [0.4, 0.5) is 20.2 Å². The Morgan fingerprint density at radius 1 is 0.906 bits per heavy atom.